The predicted octanol–water partition coefficient (Wildman–Crippen LogP) is 6.27. The van der Waals surface area contributed by atoms with E-state index in [4.69, 9.17) is 15.2 Å². The maximum Gasteiger partial charge on any atom is 0.416 e. The van der Waals surface area contributed by atoms with Gasteiger partial charge in [-0.2, -0.15) is 18.3 Å². The Bertz CT molecular complexity index is 1140. The summed E-state index contributed by atoms with van der Waals surface area (Å²) in [6.45, 7) is 2.19. The number of benzene rings is 3. The van der Waals surface area contributed by atoms with Crippen LogP contribution in [0.5, 0.6) is 11.5 Å². The number of nitrogens with zero attached hydrogens (tertiary/aromatic N) is 2. The second-order valence-corrected chi connectivity index (χ2v) is 8.08. The number of halogens is 3. The number of hydrogen-bond acceptors (Lipinski definition) is 5. The molecular formula is C25H24F3N3O2S. The molecule has 5 nitrogen and oxygen atoms in total. The average Bonchev–Trinajstić information content (AvgIpc) is 2.83. The maximum absolute atomic E-state index is 12.9. The summed E-state index contributed by atoms with van der Waals surface area (Å²) in [5, 5.41) is 8.36. The standard InChI is InChI=1S/C25H24F3N3O2S/c1-2-32-23-14-19(15-30-31-24(29)34-17-18-7-4-3-5-8-18)11-12-22(23)33-16-20-9-6-10-21(13-20)25(26,27)28/h3-15H,2,16-17H2,1H3,(H2,29,31). The summed E-state index contributed by atoms with van der Waals surface area (Å²) in [7, 11) is 0. The Morgan fingerprint density at radius 3 is 2.44 bits per heavy atom. The van der Waals surface area contributed by atoms with E-state index in [9.17, 15) is 13.2 Å². The summed E-state index contributed by atoms with van der Waals surface area (Å²) in [6, 6.07) is 20.1. The van der Waals surface area contributed by atoms with Crippen LogP contribution in [-0.2, 0) is 18.5 Å². The smallest absolute Gasteiger partial charge is 0.416 e. The lowest BCUT2D eigenvalue weighted by molar-refractivity contribution is -0.137. The minimum Gasteiger partial charge on any atom is -0.490 e. The third-order valence-electron chi connectivity index (χ3n) is 4.51. The topological polar surface area (TPSA) is 69.2 Å². The van der Waals surface area contributed by atoms with Gasteiger partial charge in [0.15, 0.2) is 16.7 Å². The van der Waals surface area contributed by atoms with E-state index in [2.05, 4.69) is 10.2 Å². The second-order valence-electron chi connectivity index (χ2n) is 7.08. The lowest BCUT2D eigenvalue weighted by Gasteiger charge is -2.13. The minimum atomic E-state index is -4.40. The molecule has 0 fully saturated rings. The highest BCUT2D eigenvalue weighted by Crippen LogP contribution is 2.31. The molecule has 0 unspecified atom stereocenters. The highest BCUT2D eigenvalue weighted by Gasteiger charge is 2.30. The molecule has 178 valence electrons. The fraction of sp³-hybridized carbons (Fsp3) is 0.200. The third-order valence-corrected chi connectivity index (χ3v) is 5.36. The van der Waals surface area contributed by atoms with Gasteiger partial charge in [0.2, 0.25) is 0 Å². The minimum absolute atomic E-state index is 0.0309. The van der Waals surface area contributed by atoms with Gasteiger partial charge in [-0.05, 0) is 53.9 Å². The molecule has 0 aromatic heterocycles. The van der Waals surface area contributed by atoms with Gasteiger partial charge in [0.1, 0.15) is 6.61 Å². The molecule has 0 saturated heterocycles. The molecule has 0 atom stereocenters. The first-order chi connectivity index (χ1) is 16.3. The Hall–Kier alpha value is -3.46. The van der Waals surface area contributed by atoms with Crippen LogP contribution in [0, 0.1) is 0 Å². The van der Waals surface area contributed by atoms with Crippen LogP contribution in [0.2, 0.25) is 0 Å². The molecule has 3 aromatic carbocycles. The summed E-state index contributed by atoms with van der Waals surface area (Å²) in [6.07, 6.45) is -2.87. The van der Waals surface area contributed by atoms with E-state index in [1.165, 1.54) is 24.0 Å². The number of alkyl halides is 3. The van der Waals surface area contributed by atoms with E-state index in [1.54, 1.807) is 24.3 Å². The zero-order valence-electron chi connectivity index (χ0n) is 18.5. The molecule has 9 heteroatoms. The van der Waals surface area contributed by atoms with Gasteiger partial charge in [-0.15, -0.1) is 5.10 Å². The predicted molar refractivity (Wildman–Crippen MR) is 130 cm³/mol. The summed E-state index contributed by atoms with van der Waals surface area (Å²) in [5.74, 6) is 1.56. The third kappa shape index (κ3) is 7.84. The first kappa shape index (κ1) is 25.2. The van der Waals surface area contributed by atoms with Gasteiger partial charge in [0.05, 0.1) is 18.4 Å². The SMILES string of the molecule is CCOc1cc(C=NN=C(N)SCc2ccccc2)ccc1OCc1cccc(C(F)(F)F)c1. The molecule has 34 heavy (non-hydrogen) atoms. The zero-order chi connectivity index (χ0) is 24.4. The van der Waals surface area contributed by atoms with Crippen molar-refractivity contribution in [1.82, 2.24) is 0 Å². The number of amidine groups is 1. The zero-order valence-corrected chi connectivity index (χ0v) is 19.3. The Morgan fingerprint density at radius 1 is 0.941 bits per heavy atom. The lowest BCUT2D eigenvalue weighted by atomic mass is 10.1. The molecule has 0 aliphatic rings. The maximum atomic E-state index is 12.9. The van der Waals surface area contributed by atoms with Crippen LogP contribution in [0.3, 0.4) is 0 Å². The summed E-state index contributed by atoms with van der Waals surface area (Å²) < 4.78 is 50.1. The van der Waals surface area contributed by atoms with Gasteiger partial charge in [0.25, 0.3) is 0 Å². The van der Waals surface area contributed by atoms with Crippen LogP contribution < -0.4 is 15.2 Å². The van der Waals surface area contributed by atoms with E-state index in [1.807, 2.05) is 37.3 Å². The van der Waals surface area contributed by atoms with Crippen LogP contribution in [0.15, 0.2) is 83.0 Å². The van der Waals surface area contributed by atoms with Crippen molar-refractivity contribution in [3.63, 3.8) is 0 Å². The van der Waals surface area contributed by atoms with Crippen molar-refractivity contribution < 1.29 is 22.6 Å². The van der Waals surface area contributed by atoms with E-state index >= 15 is 0 Å². The molecule has 0 aliphatic carbocycles. The van der Waals surface area contributed by atoms with Crippen molar-refractivity contribution in [2.75, 3.05) is 6.61 Å². The van der Waals surface area contributed by atoms with Gasteiger partial charge >= 0.3 is 6.18 Å². The van der Waals surface area contributed by atoms with Crippen molar-refractivity contribution in [1.29, 1.82) is 0 Å². The molecule has 0 radical (unpaired) electrons. The highest BCUT2D eigenvalue weighted by molar-refractivity contribution is 8.13. The Kier molecular flexibility index (Phi) is 8.98. The number of rotatable bonds is 9. The fourth-order valence-corrected chi connectivity index (χ4v) is 3.52. The van der Waals surface area contributed by atoms with E-state index in [0.29, 0.717) is 40.2 Å². The second kappa shape index (κ2) is 12.1. The molecule has 3 rings (SSSR count). The van der Waals surface area contributed by atoms with Gasteiger partial charge in [0, 0.05) is 5.75 Å². The van der Waals surface area contributed by atoms with Crippen LogP contribution in [-0.4, -0.2) is 18.0 Å². The average molecular weight is 488 g/mol. The van der Waals surface area contributed by atoms with Gasteiger partial charge in [-0.25, -0.2) is 0 Å². The number of thioether (sulfide) groups is 1. The van der Waals surface area contributed by atoms with Crippen molar-refractivity contribution in [3.8, 4) is 11.5 Å². The Morgan fingerprint density at radius 2 is 1.71 bits per heavy atom. The first-order valence-electron chi connectivity index (χ1n) is 10.4. The quantitative estimate of drug-likeness (QED) is 0.220. The summed E-state index contributed by atoms with van der Waals surface area (Å²) >= 11 is 1.38. The van der Waals surface area contributed by atoms with Gasteiger partial charge in [-0.3, -0.25) is 0 Å². The first-order valence-corrected chi connectivity index (χ1v) is 11.4. The van der Waals surface area contributed by atoms with Crippen LogP contribution >= 0.6 is 11.8 Å². The number of ether oxygens (including phenoxy) is 2. The monoisotopic (exact) mass is 487 g/mol. The molecule has 3 aromatic rings. The molecule has 0 aliphatic heterocycles. The normalized spacial score (nSPS) is 12.2. The van der Waals surface area contributed by atoms with Crippen molar-refractivity contribution in [3.05, 3.63) is 95.1 Å². The van der Waals surface area contributed by atoms with Gasteiger partial charge < -0.3 is 15.2 Å². The molecule has 0 heterocycles. The number of nitrogens with two attached hydrogens (primary N) is 1. The van der Waals surface area contributed by atoms with Crippen LogP contribution in [0.1, 0.15) is 29.2 Å². The largest absolute Gasteiger partial charge is 0.490 e. The molecule has 0 saturated carbocycles. The Labute approximate surface area is 200 Å². The molecule has 0 spiro atoms. The molecular weight excluding hydrogens is 463 g/mol. The lowest BCUT2D eigenvalue weighted by Crippen LogP contribution is -2.06. The molecule has 0 bridgehead atoms. The van der Waals surface area contributed by atoms with Crippen molar-refractivity contribution >= 4 is 23.1 Å². The highest BCUT2D eigenvalue weighted by atomic mass is 32.2. The van der Waals surface area contributed by atoms with E-state index < -0.39 is 11.7 Å². The fourth-order valence-electron chi connectivity index (χ4n) is 2.90. The van der Waals surface area contributed by atoms with E-state index in [0.717, 1.165) is 17.7 Å². The van der Waals surface area contributed by atoms with Crippen LogP contribution in [0.25, 0.3) is 0 Å². The molecule has 2 N–H and O–H groups in total. The Balaban J connectivity index is 1.63. The summed E-state index contributed by atoms with van der Waals surface area (Å²) in [4.78, 5) is 0. The van der Waals surface area contributed by atoms with Gasteiger partial charge in [-0.1, -0.05) is 54.2 Å². The van der Waals surface area contributed by atoms with Crippen molar-refractivity contribution in [2.24, 2.45) is 15.9 Å². The number of hydrogen-bond donors (Lipinski definition) is 1. The van der Waals surface area contributed by atoms with E-state index in [-0.39, 0.29) is 6.61 Å². The summed E-state index contributed by atoms with van der Waals surface area (Å²) in [5.41, 5.74) is 7.44. The van der Waals surface area contributed by atoms with Crippen molar-refractivity contribution in [2.45, 2.75) is 25.5 Å². The van der Waals surface area contributed by atoms with Crippen LogP contribution in [0.4, 0.5) is 13.2 Å². The molecule has 0 amide bonds.